The van der Waals surface area contributed by atoms with E-state index in [1.54, 1.807) is 18.3 Å². The number of hydrogen-bond acceptors (Lipinski definition) is 4. The van der Waals surface area contributed by atoms with Crippen LogP contribution < -0.4 is 10.5 Å². The number of phenolic OH excluding ortho intramolecular Hbond substituents is 1. The van der Waals surface area contributed by atoms with Gasteiger partial charge in [-0.2, -0.15) is 0 Å². The van der Waals surface area contributed by atoms with Crippen LogP contribution in [0.3, 0.4) is 0 Å². The Bertz CT molecular complexity index is 756. The van der Waals surface area contributed by atoms with E-state index >= 15 is 0 Å². The van der Waals surface area contributed by atoms with Gasteiger partial charge in [0.25, 0.3) is 0 Å². The number of phenols is 1. The first-order chi connectivity index (χ1) is 10.7. The van der Waals surface area contributed by atoms with Crippen LogP contribution in [0, 0.1) is 0 Å². The zero-order valence-electron chi connectivity index (χ0n) is 11.9. The SMILES string of the molecule is Nc1ncc(-c2ccc(O)cc2)cc1OCc1ccccc1. The summed E-state index contributed by atoms with van der Waals surface area (Å²) >= 11 is 0. The van der Waals surface area contributed by atoms with Crippen molar-refractivity contribution in [1.82, 2.24) is 4.98 Å². The number of pyridine rings is 1. The molecule has 3 aromatic rings. The summed E-state index contributed by atoms with van der Waals surface area (Å²) in [5.74, 6) is 1.14. The molecule has 0 unspecified atom stereocenters. The fraction of sp³-hybridized carbons (Fsp3) is 0.0556. The maximum Gasteiger partial charge on any atom is 0.166 e. The molecule has 0 fully saturated rings. The maximum absolute atomic E-state index is 9.35. The number of rotatable bonds is 4. The third-order valence-corrected chi connectivity index (χ3v) is 3.32. The standard InChI is InChI=1S/C18H16N2O2/c19-18-17(22-12-13-4-2-1-3-5-13)10-15(11-20-18)14-6-8-16(21)9-7-14/h1-11,21H,12H2,(H2,19,20). The van der Waals surface area contributed by atoms with Crippen LogP contribution >= 0.6 is 0 Å². The van der Waals surface area contributed by atoms with Crippen LogP contribution in [0.2, 0.25) is 0 Å². The van der Waals surface area contributed by atoms with Crippen LogP contribution in [0.25, 0.3) is 11.1 Å². The van der Waals surface area contributed by atoms with E-state index in [9.17, 15) is 5.11 Å². The molecule has 0 saturated heterocycles. The van der Waals surface area contributed by atoms with Crippen molar-refractivity contribution in [2.24, 2.45) is 0 Å². The third kappa shape index (κ3) is 3.17. The monoisotopic (exact) mass is 292 g/mol. The summed E-state index contributed by atoms with van der Waals surface area (Å²) in [6.45, 7) is 0.436. The minimum atomic E-state index is 0.229. The number of nitrogen functional groups attached to an aromatic ring is 1. The van der Waals surface area contributed by atoms with E-state index < -0.39 is 0 Å². The lowest BCUT2D eigenvalue weighted by molar-refractivity contribution is 0.307. The molecule has 3 N–H and O–H groups in total. The first-order valence-electron chi connectivity index (χ1n) is 6.94. The van der Waals surface area contributed by atoms with Gasteiger partial charge in [-0.3, -0.25) is 0 Å². The fourth-order valence-corrected chi connectivity index (χ4v) is 2.12. The van der Waals surface area contributed by atoms with Crippen molar-refractivity contribution >= 4 is 5.82 Å². The maximum atomic E-state index is 9.35. The van der Waals surface area contributed by atoms with Crippen LogP contribution in [0.15, 0.2) is 66.9 Å². The Labute approximate surface area is 128 Å². The van der Waals surface area contributed by atoms with Gasteiger partial charge in [0, 0.05) is 11.8 Å². The molecule has 1 heterocycles. The van der Waals surface area contributed by atoms with E-state index in [1.165, 1.54) is 0 Å². The molecule has 0 aliphatic carbocycles. The molecule has 1 aromatic heterocycles. The van der Waals surface area contributed by atoms with Crippen LogP contribution in [0.1, 0.15) is 5.56 Å². The molecule has 22 heavy (non-hydrogen) atoms. The summed E-state index contributed by atoms with van der Waals surface area (Å²) in [7, 11) is 0. The van der Waals surface area contributed by atoms with Gasteiger partial charge in [-0.25, -0.2) is 4.98 Å². The third-order valence-electron chi connectivity index (χ3n) is 3.32. The van der Waals surface area contributed by atoms with E-state index in [-0.39, 0.29) is 5.75 Å². The van der Waals surface area contributed by atoms with E-state index in [0.717, 1.165) is 16.7 Å². The van der Waals surface area contributed by atoms with Crippen molar-refractivity contribution in [2.45, 2.75) is 6.61 Å². The van der Waals surface area contributed by atoms with E-state index in [1.807, 2.05) is 48.5 Å². The van der Waals surface area contributed by atoms with Crippen LogP contribution in [-0.2, 0) is 6.61 Å². The number of nitrogens with zero attached hydrogens (tertiary/aromatic N) is 1. The van der Waals surface area contributed by atoms with Crippen molar-refractivity contribution in [1.29, 1.82) is 0 Å². The highest BCUT2D eigenvalue weighted by Crippen LogP contribution is 2.28. The number of aromatic hydroxyl groups is 1. The number of hydrogen-bond donors (Lipinski definition) is 2. The molecular formula is C18H16N2O2. The molecule has 110 valence electrons. The van der Waals surface area contributed by atoms with Gasteiger partial charge in [0.1, 0.15) is 12.4 Å². The molecule has 0 aliphatic rings. The van der Waals surface area contributed by atoms with Gasteiger partial charge in [-0.05, 0) is 29.3 Å². The van der Waals surface area contributed by atoms with E-state index in [0.29, 0.717) is 18.2 Å². The highest BCUT2D eigenvalue weighted by atomic mass is 16.5. The van der Waals surface area contributed by atoms with Crippen molar-refractivity contribution in [3.63, 3.8) is 0 Å². The van der Waals surface area contributed by atoms with Crippen LogP contribution in [0.5, 0.6) is 11.5 Å². The average Bonchev–Trinajstić information content (AvgIpc) is 2.56. The second-order valence-electron chi connectivity index (χ2n) is 4.93. The lowest BCUT2D eigenvalue weighted by Gasteiger charge is -2.10. The first kappa shape index (κ1) is 13.9. The Morgan fingerprint density at radius 2 is 1.68 bits per heavy atom. The Morgan fingerprint density at radius 1 is 0.955 bits per heavy atom. The Morgan fingerprint density at radius 3 is 2.41 bits per heavy atom. The summed E-state index contributed by atoms with van der Waals surface area (Å²) in [6.07, 6.45) is 1.69. The predicted molar refractivity (Wildman–Crippen MR) is 86.5 cm³/mol. The predicted octanol–water partition coefficient (Wildman–Crippen LogP) is 3.62. The minimum Gasteiger partial charge on any atom is -0.508 e. The van der Waals surface area contributed by atoms with E-state index in [2.05, 4.69) is 4.98 Å². The van der Waals surface area contributed by atoms with Crippen molar-refractivity contribution in [3.8, 4) is 22.6 Å². The van der Waals surface area contributed by atoms with Gasteiger partial charge in [0.05, 0.1) is 0 Å². The molecule has 2 aromatic carbocycles. The quantitative estimate of drug-likeness (QED) is 0.770. The van der Waals surface area contributed by atoms with Gasteiger partial charge < -0.3 is 15.6 Å². The van der Waals surface area contributed by atoms with Crippen LogP contribution in [-0.4, -0.2) is 10.1 Å². The lowest BCUT2D eigenvalue weighted by atomic mass is 10.1. The van der Waals surface area contributed by atoms with Crippen molar-refractivity contribution < 1.29 is 9.84 Å². The number of nitrogens with two attached hydrogens (primary N) is 1. The normalized spacial score (nSPS) is 10.4. The van der Waals surface area contributed by atoms with Crippen molar-refractivity contribution in [3.05, 3.63) is 72.4 Å². The second-order valence-corrected chi connectivity index (χ2v) is 4.93. The summed E-state index contributed by atoms with van der Waals surface area (Å²) in [6, 6.07) is 18.7. The zero-order valence-corrected chi connectivity index (χ0v) is 11.9. The molecule has 0 radical (unpaired) electrons. The minimum absolute atomic E-state index is 0.229. The summed E-state index contributed by atoms with van der Waals surface area (Å²) < 4.78 is 5.77. The lowest BCUT2D eigenvalue weighted by Crippen LogP contribution is -2.00. The Kier molecular flexibility index (Phi) is 3.92. The number of aromatic nitrogens is 1. The topological polar surface area (TPSA) is 68.4 Å². The molecule has 0 amide bonds. The average molecular weight is 292 g/mol. The van der Waals surface area contributed by atoms with Gasteiger partial charge in [-0.1, -0.05) is 42.5 Å². The molecule has 3 rings (SSSR count). The van der Waals surface area contributed by atoms with Gasteiger partial charge in [-0.15, -0.1) is 0 Å². The number of anilines is 1. The largest absolute Gasteiger partial charge is 0.508 e. The van der Waals surface area contributed by atoms with Gasteiger partial charge in [0.15, 0.2) is 11.6 Å². The molecule has 0 bridgehead atoms. The van der Waals surface area contributed by atoms with Gasteiger partial charge >= 0.3 is 0 Å². The Balaban J connectivity index is 1.82. The molecule has 4 heteroatoms. The zero-order chi connectivity index (χ0) is 15.4. The van der Waals surface area contributed by atoms with Gasteiger partial charge in [0.2, 0.25) is 0 Å². The molecule has 4 nitrogen and oxygen atoms in total. The summed E-state index contributed by atoms with van der Waals surface area (Å²) in [4.78, 5) is 4.18. The molecule has 0 spiro atoms. The highest BCUT2D eigenvalue weighted by molar-refractivity contribution is 5.67. The smallest absolute Gasteiger partial charge is 0.166 e. The number of benzene rings is 2. The summed E-state index contributed by atoms with van der Waals surface area (Å²) in [5.41, 5.74) is 8.77. The highest BCUT2D eigenvalue weighted by Gasteiger charge is 2.06. The second kappa shape index (κ2) is 6.18. The fourth-order valence-electron chi connectivity index (χ4n) is 2.12. The molecular weight excluding hydrogens is 276 g/mol. The number of ether oxygens (including phenoxy) is 1. The van der Waals surface area contributed by atoms with Crippen LogP contribution in [0.4, 0.5) is 5.82 Å². The van der Waals surface area contributed by atoms with E-state index in [4.69, 9.17) is 10.5 Å². The summed E-state index contributed by atoms with van der Waals surface area (Å²) in [5, 5.41) is 9.35. The molecule has 0 atom stereocenters. The first-order valence-corrected chi connectivity index (χ1v) is 6.94. The molecule has 0 aliphatic heterocycles. The Hall–Kier alpha value is -3.01. The van der Waals surface area contributed by atoms with Crippen molar-refractivity contribution in [2.75, 3.05) is 5.73 Å². The molecule has 0 saturated carbocycles.